The van der Waals surface area contributed by atoms with Crippen molar-refractivity contribution in [3.8, 4) is 0 Å². The lowest BCUT2D eigenvalue weighted by Crippen LogP contribution is -2.51. The van der Waals surface area contributed by atoms with Crippen molar-refractivity contribution >= 4 is 30.1 Å². The third-order valence-corrected chi connectivity index (χ3v) is 4.44. The lowest BCUT2D eigenvalue weighted by Gasteiger charge is -2.38. The first-order chi connectivity index (χ1) is 7.48. The SMILES string of the molecule is CC1(C)CN(C(=O)C2CC(O)CN2)CCS1.Cl. The number of nitrogens with one attached hydrogen (secondary N) is 1. The van der Waals surface area contributed by atoms with Gasteiger partial charge in [-0.05, 0) is 20.3 Å². The molecule has 0 aromatic heterocycles. The molecule has 17 heavy (non-hydrogen) atoms. The maximum atomic E-state index is 12.2. The van der Waals surface area contributed by atoms with Crippen LogP contribution in [0.25, 0.3) is 0 Å². The molecule has 2 atom stereocenters. The number of aliphatic hydroxyl groups is 1. The number of carbonyl (C=O) groups excluding carboxylic acids is 1. The van der Waals surface area contributed by atoms with E-state index >= 15 is 0 Å². The third kappa shape index (κ3) is 3.74. The molecule has 100 valence electrons. The van der Waals surface area contributed by atoms with Crippen molar-refractivity contribution in [2.24, 2.45) is 0 Å². The Morgan fingerprint density at radius 2 is 2.24 bits per heavy atom. The number of nitrogens with zero attached hydrogens (tertiary/aromatic N) is 1. The van der Waals surface area contributed by atoms with E-state index in [0.29, 0.717) is 13.0 Å². The van der Waals surface area contributed by atoms with Crippen LogP contribution in [-0.2, 0) is 4.79 Å². The normalized spacial score (nSPS) is 32.1. The molecule has 0 radical (unpaired) electrons. The van der Waals surface area contributed by atoms with E-state index in [1.807, 2.05) is 16.7 Å². The van der Waals surface area contributed by atoms with Gasteiger partial charge in [-0.15, -0.1) is 12.4 Å². The van der Waals surface area contributed by atoms with Gasteiger partial charge < -0.3 is 15.3 Å². The number of hydrogen-bond acceptors (Lipinski definition) is 4. The maximum Gasteiger partial charge on any atom is 0.239 e. The molecule has 2 aliphatic rings. The van der Waals surface area contributed by atoms with E-state index in [1.54, 1.807) is 0 Å². The summed E-state index contributed by atoms with van der Waals surface area (Å²) < 4.78 is 0.158. The van der Waals surface area contributed by atoms with Gasteiger partial charge in [-0.25, -0.2) is 0 Å². The molecule has 4 nitrogen and oxygen atoms in total. The van der Waals surface area contributed by atoms with Crippen LogP contribution in [0.5, 0.6) is 0 Å². The first-order valence-electron chi connectivity index (χ1n) is 5.82. The summed E-state index contributed by atoms with van der Waals surface area (Å²) in [5.41, 5.74) is 0. The Morgan fingerprint density at radius 1 is 1.53 bits per heavy atom. The number of carbonyl (C=O) groups is 1. The van der Waals surface area contributed by atoms with Crippen LogP contribution < -0.4 is 5.32 Å². The summed E-state index contributed by atoms with van der Waals surface area (Å²) in [6, 6.07) is -0.172. The topological polar surface area (TPSA) is 52.6 Å². The smallest absolute Gasteiger partial charge is 0.239 e. The number of rotatable bonds is 1. The Morgan fingerprint density at radius 3 is 2.76 bits per heavy atom. The van der Waals surface area contributed by atoms with Crippen molar-refractivity contribution in [3.05, 3.63) is 0 Å². The van der Waals surface area contributed by atoms with E-state index in [9.17, 15) is 9.90 Å². The minimum atomic E-state index is -0.360. The van der Waals surface area contributed by atoms with Crippen LogP contribution in [0.15, 0.2) is 0 Å². The quantitative estimate of drug-likeness (QED) is 0.734. The van der Waals surface area contributed by atoms with Gasteiger partial charge in [-0.3, -0.25) is 4.79 Å². The molecule has 0 aromatic carbocycles. The molecule has 2 unspecified atom stereocenters. The maximum absolute atomic E-state index is 12.2. The minimum Gasteiger partial charge on any atom is -0.392 e. The van der Waals surface area contributed by atoms with Crippen LogP contribution in [0.3, 0.4) is 0 Å². The lowest BCUT2D eigenvalue weighted by atomic mass is 10.1. The fraction of sp³-hybridized carbons (Fsp3) is 0.909. The van der Waals surface area contributed by atoms with E-state index in [-0.39, 0.29) is 35.2 Å². The van der Waals surface area contributed by atoms with Gasteiger partial charge in [0.15, 0.2) is 0 Å². The average molecular weight is 281 g/mol. The highest BCUT2D eigenvalue weighted by molar-refractivity contribution is 8.00. The van der Waals surface area contributed by atoms with Crippen molar-refractivity contribution < 1.29 is 9.90 Å². The first-order valence-corrected chi connectivity index (χ1v) is 6.81. The van der Waals surface area contributed by atoms with E-state index < -0.39 is 0 Å². The van der Waals surface area contributed by atoms with Crippen LogP contribution in [0.1, 0.15) is 20.3 Å². The molecule has 1 amide bonds. The molecule has 0 aliphatic carbocycles. The largest absolute Gasteiger partial charge is 0.392 e. The highest BCUT2D eigenvalue weighted by Gasteiger charge is 2.35. The molecule has 0 spiro atoms. The molecule has 2 saturated heterocycles. The van der Waals surface area contributed by atoms with Crippen molar-refractivity contribution in [2.45, 2.75) is 37.2 Å². The van der Waals surface area contributed by atoms with Crippen molar-refractivity contribution in [3.63, 3.8) is 0 Å². The Bertz CT molecular complexity index is 289. The van der Waals surface area contributed by atoms with Gasteiger partial charge in [-0.2, -0.15) is 11.8 Å². The van der Waals surface area contributed by atoms with Crippen LogP contribution >= 0.6 is 24.2 Å². The highest BCUT2D eigenvalue weighted by Crippen LogP contribution is 2.30. The van der Waals surface area contributed by atoms with Crippen molar-refractivity contribution in [1.29, 1.82) is 0 Å². The summed E-state index contributed by atoms with van der Waals surface area (Å²) in [4.78, 5) is 14.1. The van der Waals surface area contributed by atoms with Crippen molar-refractivity contribution in [2.75, 3.05) is 25.4 Å². The van der Waals surface area contributed by atoms with E-state index in [0.717, 1.165) is 18.8 Å². The second-order valence-corrected chi connectivity index (χ2v) is 7.02. The van der Waals surface area contributed by atoms with Gasteiger partial charge in [0, 0.05) is 30.1 Å². The van der Waals surface area contributed by atoms with E-state index in [2.05, 4.69) is 19.2 Å². The second-order valence-electron chi connectivity index (χ2n) is 5.22. The molecule has 2 aliphatic heterocycles. The Hall–Kier alpha value is 0.0300. The number of β-amino-alcohol motifs (C(OH)–C–C–N with tert-alkyl or cyclic N) is 1. The first kappa shape index (κ1) is 15.1. The minimum absolute atomic E-state index is 0. The summed E-state index contributed by atoms with van der Waals surface area (Å²) in [6.45, 7) is 6.54. The zero-order valence-corrected chi connectivity index (χ0v) is 11.9. The zero-order valence-electron chi connectivity index (χ0n) is 10.3. The summed E-state index contributed by atoms with van der Waals surface area (Å²) in [5, 5.41) is 12.5. The third-order valence-electron chi connectivity index (χ3n) is 3.14. The number of hydrogen-bond donors (Lipinski definition) is 2. The van der Waals surface area contributed by atoms with Crippen LogP contribution in [0.2, 0.25) is 0 Å². The van der Waals surface area contributed by atoms with Gasteiger partial charge in [-0.1, -0.05) is 0 Å². The predicted octanol–water partition coefficient (Wildman–Crippen LogP) is 0.485. The van der Waals surface area contributed by atoms with Gasteiger partial charge >= 0.3 is 0 Å². The van der Waals surface area contributed by atoms with Gasteiger partial charge in [0.1, 0.15) is 0 Å². The van der Waals surface area contributed by atoms with Crippen LogP contribution in [0.4, 0.5) is 0 Å². The number of thioether (sulfide) groups is 1. The molecule has 2 heterocycles. The summed E-state index contributed by atoms with van der Waals surface area (Å²) in [5.74, 6) is 1.17. The average Bonchev–Trinajstić information content (AvgIpc) is 2.62. The fourth-order valence-electron chi connectivity index (χ4n) is 2.33. The monoisotopic (exact) mass is 280 g/mol. The predicted molar refractivity (Wildman–Crippen MR) is 72.8 cm³/mol. The Kier molecular flexibility index (Phi) is 5.13. The number of amides is 1. The Labute approximate surface area is 113 Å². The fourth-order valence-corrected chi connectivity index (χ4v) is 3.44. The molecular formula is C11H21ClN2O2S. The van der Waals surface area contributed by atoms with E-state index in [4.69, 9.17) is 0 Å². The molecule has 0 saturated carbocycles. The van der Waals surface area contributed by atoms with Crippen LogP contribution in [0, 0.1) is 0 Å². The van der Waals surface area contributed by atoms with Crippen LogP contribution in [-0.4, -0.2) is 58.2 Å². The number of halogens is 1. The molecule has 2 N–H and O–H groups in total. The summed E-state index contributed by atoms with van der Waals surface area (Å²) in [7, 11) is 0. The molecule has 2 rings (SSSR count). The Balaban J connectivity index is 0.00000144. The molecule has 0 bridgehead atoms. The molecule has 2 fully saturated rings. The summed E-state index contributed by atoms with van der Waals surface area (Å²) in [6.07, 6.45) is 0.198. The van der Waals surface area contributed by atoms with Gasteiger partial charge in [0.05, 0.1) is 12.1 Å². The number of aliphatic hydroxyl groups excluding tert-OH is 1. The molecular weight excluding hydrogens is 260 g/mol. The molecule has 6 heteroatoms. The van der Waals surface area contributed by atoms with Gasteiger partial charge in [0.2, 0.25) is 5.91 Å². The second kappa shape index (κ2) is 5.78. The standard InChI is InChI=1S/C11H20N2O2S.ClH/c1-11(2)7-13(3-4-16-11)10(15)9-5-8(14)6-12-9;/h8-9,12,14H,3-7H2,1-2H3;1H. The van der Waals surface area contributed by atoms with E-state index in [1.165, 1.54) is 0 Å². The molecule has 0 aromatic rings. The lowest BCUT2D eigenvalue weighted by molar-refractivity contribution is -0.133. The van der Waals surface area contributed by atoms with Gasteiger partial charge in [0.25, 0.3) is 0 Å². The zero-order chi connectivity index (χ0) is 11.8. The highest BCUT2D eigenvalue weighted by atomic mass is 35.5. The van der Waals surface area contributed by atoms with Crippen molar-refractivity contribution in [1.82, 2.24) is 10.2 Å². The summed E-state index contributed by atoms with van der Waals surface area (Å²) >= 11 is 1.92.